The lowest BCUT2D eigenvalue weighted by molar-refractivity contribution is -0.684. The summed E-state index contributed by atoms with van der Waals surface area (Å²) in [5.74, 6) is 0.395. The molecule has 1 aromatic rings. The van der Waals surface area contributed by atoms with Crippen molar-refractivity contribution in [3.05, 3.63) is 22.8 Å². The molecule has 2 rings (SSSR count). The van der Waals surface area contributed by atoms with Crippen LogP contribution in [0.3, 0.4) is 0 Å². The Morgan fingerprint density at radius 3 is 2.79 bits per heavy atom. The van der Waals surface area contributed by atoms with Gasteiger partial charge in [-0.25, -0.2) is 13.0 Å². The van der Waals surface area contributed by atoms with Crippen LogP contribution in [0, 0.1) is 0 Å². The Morgan fingerprint density at radius 1 is 1.47 bits per heavy atom. The van der Waals surface area contributed by atoms with Gasteiger partial charge in [-0.1, -0.05) is 16.6 Å². The van der Waals surface area contributed by atoms with Gasteiger partial charge < -0.3 is 4.55 Å². The van der Waals surface area contributed by atoms with Crippen molar-refractivity contribution >= 4 is 33.8 Å². The molecule has 1 aliphatic heterocycles. The molecule has 1 aromatic heterocycles. The summed E-state index contributed by atoms with van der Waals surface area (Å²) in [5.41, 5.74) is 0.817. The second-order valence-corrected chi connectivity index (χ2v) is 7.14. The fraction of sp³-hybridized carbons (Fsp3) is 0.500. The highest BCUT2D eigenvalue weighted by atomic mass is 35.5. The van der Waals surface area contributed by atoms with Crippen molar-refractivity contribution in [2.24, 2.45) is 4.99 Å². The van der Waals surface area contributed by atoms with E-state index in [2.05, 4.69) is 4.99 Å². The molecule has 0 saturated carbocycles. The predicted octanol–water partition coefficient (Wildman–Crippen LogP) is 1.56. The Kier molecular flexibility index (Phi) is 3.68. The molecular formula is C12H15ClN2O3S. The number of hydrogen-bond donors (Lipinski definition) is 0. The van der Waals surface area contributed by atoms with Crippen molar-refractivity contribution in [3.8, 4) is 0 Å². The van der Waals surface area contributed by atoms with E-state index in [0.717, 1.165) is 11.4 Å². The molecule has 1 aliphatic rings. The Bertz CT molecular complexity index is 639. The highest BCUT2D eigenvalue weighted by molar-refractivity contribution is 7.85. The first-order chi connectivity index (χ1) is 8.69. The van der Waals surface area contributed by atoms with Crippen LogP contribution in [0.5, 0.6) is 0 Å². The molecule has 0 fully saturated rings. The van der Waals surface area contributed by atoms with Gasteiger partial charge in [0.05, 0.1) is 32.7 Å². The molecule has 0 saturated heterocycles. The van der Waals surface area contributed by atoms with Crippen molar-refractivity contribution in [1.29, 1.82) is 0 Å². The maximum Gasteiger partial charge on any atom is 0.326 e. The lowest BCUT2D eigenvalue weighted by atomic mass is 9.88. The number of aryl methyl sites for hydroxylation is 1. The molecule has 0 N–H and O–H groups in total. The summed E-state index contributed by atoms with van der Waals surface area (Å²) in [6.07, 6.45) is 3.80. The van der Waals surface area contributed by atoms with Gasteiger partial charge >= 0.3 is 5.82 Å². The first kappa shape index (κ1) is 14.4. The summed E-state index contributed by atoms with van der Waals surface area (Å²) in [6.45, 7) is 4.47. The molecule has 104 valence electrons. The Labute approximate surface area is 117 Å². The predicted molar refractivity (Wildman–Crippen MR) is 72.0 cm³/mol. The van der Waals surface area contributed by atoms with Gasteiger partial charge in [0.2, 0.25) is 0 Å². The average Bonchev–Trinajstić information content (AvgIpc) is 2.53. The average molecular weight is 303 g/mol. The van der Waals surface area contributed by atoms with E-state index in [-0.39, 0.29) is 17.6 Å². The van der Waals surface area contributed by atoms with Crippen molar-refractivity contribution in [1.82, 2.24) is 0 Å². The maximum atomic E-state index is 10.6. The van der Waals surface area contributed by atoms with E-state index in [0.29, 0.717) is 11.6 Å². The molecule has 5 nitrogen and oxygen atoms in total. The molecule has 0 radical (unpaired) electrons. The third kappa shape index (κ3) is 3.32. The zero-order valence-electron chi connectivity index (χ0n) is 10.8. The van der Waals surface area contributed by atoms with Gasteiger partial charge in [0, 0.05) is 5.75 Å². The normalized spacial score (nSPS) is 16.6. The summed E-state index contributed by atoms with van der Waals surface area (Å²) in [6, 6.07) is 1.87. The molecule has 0 spiro atoms. The Hall–Kier alpha value is -0.980. The molecule has 0 aliphatic carbocycles. The lowest BCUT2D eigenvalue weighted by Crippen LogP contribution is -2.36. The summed E-state index contributed by atoms with van der Waals surface area (Å²) >= 11 is 6.07. The van der Waals surface area contributed by atoms with Gasteiger partial charge in [-0.2, -0.15) is 0 Å². The fourth-order valence-corrected chi connectivity index (χ4v) is 2.81. The SMILES string of the molecule is CC1(C)C=Nc2c1cc(Cl)c[n+]2CCCS(=O)(=O)[O-]. The largest absolute Gasteiger partial charge is 0.748 e. The van der Waals surface area contributed by atoms with Crippen molar-refractivity contribution in [2.45, 2.75) is 32.2 Å². The smallest absolute Gasteiger partial charge is 0.326 e. The van der Waals surface area contributed by atoms with Crippen LogP contribution in [0.25, 0.3) is 0 Å². The zero-order valence-corrected chi connectivity index (χ0v) is 12.3. The van der Waals surface area contributed by atoms with Crippen molar-refractivity contribution in [2.75, 3.05) is 5.75 Å². The van der Waals surface area contributed by atoms with Crippen LogP contribution in [0.4, 0.5) is 5.82 Å². The van der Waals surface area contributed by atoms with Gasteiger partial charge in [0.1, 0.15) is 12.4 Å². The van der Waals surface area contributed by atoms with Gasteiger partial charge in [-0.3, -0.25) is 0 Å². The minimum atomic E-state index is -4.18. The second kappa shape index (κ2) is 4.85. The summed E-state index contributed by atoms with van der Waals surface area (Å²) in [4.78, 5) is 4.36. The Morgan fingerprint density at radius 2 is 2.16 bits per heavy atom. The Balaban J connectivity index is 2.26. The summed E-state index contributed by atoms with van der Waals surface area (Å²) in [7, 11) is -4.18. The molecule has 0 aromatic carbocycles. The monoisotopic (exact) mass is 302 g/mol. The number of fused-ring (bicyclic) bond motifs is 1. The zero-order chi connectivity index (χ0) is 14.3. The molecule has 0 atom stereocenters. The molecular weight excluding hydrogens is 288 g/mol. The first-order valence-electron chi connectivity index (χ1n) is 5.91. The third-order valence-corrected chi connectivity index (χ3v) is 4.07. The molecule has 0 bridgehead atoms. The minimum Gasteiger partial charge on any atom is -0.748 e. The highest BCUT2D eigenvalue weighted by Gasteiger charge is 2.35. The van der Waals surface area contributed by atoms with E-state index in [9.17, 15) is 13.0 Å². The van der Waals surface area contributed by atoms with E-state index < -0.39 is 10.1 Å². The van der Waals surface area contributed by atoms with E-state index in [1.165, 1.54) is 0 Å². The van der Waals surface area contributed by atoms with Gasteiger partial charge in [-0.05, 0) is 26.3 Å². The quantitative estimate of drug-likeness (QED) is 0.626. The van der Waals surface area contributed by atoms with Crippen molar-refractivity contribution in [3.63, 3.8) is 0 Å². The minimum absolute atomic E-state index is 0.188. The standard InChI is InChI=1S/C12H15ClN2O3S/c1-12(2)8-14-11-10(12)6-9(13)7-15(11)4-3-5-19(16,17)18/h6-8H,3-5H2,1-2H3. The van der Waals surface area contributed by atoms with Gasteiger partial charge in [0.25, 0.3) is 0 Å². The maximum absolute atomic E-state index is 10.6. The van der Waals surface area contributed by atoms with Gasteiger partial charge in [0.15, 0.2) is 0 Å². The van der Waals surface area contributed by atoms with Crippen LogP contribution in [0.2, 0.25) is 5.02 Å². The topological polar surface area (TPSA) is 73.4 Å². The molecule has 2 heterocycles. The van der Waals surface area contributed by atoms with Gasteiger partial charge in [-0.15, -0.1) is 0 Å². The fourth-order valence-electron chi connectivity index (χ4n) is 2.10. The summed E-state index contributed by atoms with van der Waals surface area (Å²) in [5, 5.41) is 0.572. The first-order valence-corrected chi connectivity index (χ1v) is 7.87. The lowest BCUT2D eigenvalue weighted by Gasteiger charge is -2.13. The highest BCUT2D eigenvalue weighted by Crippen LogP contribution is 2.35. The molecule has 19 heavy (non-hydrogen) atoms. The van der Waals surface area contributed by atoms with Crippen LogP contribution in [-0.2, 0) is 22.1 Å². The number of aliphatic imine (C=N–C) groups is 1. The van der Waals surface area contributed by atoms with Crippen LogP contribution < -0.4 is 4.57 Å². The number of rotatable bonds is 4. The number of aromatic nitrogens is 1. The van der Waals surface area contributed by atoms with Crippen LogP contribution >= 0.6 is 11.6 Å². The molecule has 7 heteroatoms. The van der Waals surface area contributed by atoms with E-state index >= 15 is 0 Å². The number of nitrogens with zero attached hydrogens (tertiary/aromatic N) is 2. The van der Waals surface area contributed by atoms with Crippen LogP contribution in [-0.4, -0.2) is 24.9 Å². The van der Waals surface area contributed by atoms with Crippen molar-refractivity contribution < 1.29 is 17.5 Å². The third-order valence-electron chi connectivity index (χ3n) is 3.07. The van der Waals surface area contributed by atoms with E-state index in [1.54, 1.807) is 10.8 Å². The number of hydrogen-bond acceptors (Lipinski definition) is 4. The van der Waals surface area contributed by atoms with E-state index in [4.69, 9.17) is 11.6 Å². The second-order valence-electron chi connectivity index (χ2n) is 5.18. The van der Waals surface area contributed by atoms with Crippen LogP contribution in [0.15, 0.2) is 17.3 Å². The van der Waals surface area contributed by atoms with Crippen LogP contribution in [0.1, 0.15) is 25.8 Å². The van der Waals surface area contributed by atoms with E-state index in [1.807, 2.05) is 26.1 Å². The number of pyridine rings is 1. The molecule has 0 unspecified atom stereocenters. The number of halogens is 1. The molecule has 0 amide bonds. The summed E-state index contributed by atoms with van der Waals surface area (Å²) < 4.78 is 33.6.